The zero-order chi connectivity index (χ0) is 12.5. The third-order valence-electron chi connectivity index (χ3n) is 2.63. The minimum atomic E-state index is -3.11. The predicted molar refractivity (Wildman–Crippen MR) is 72.0 cm³/mol. The number of sulfone groups is 1. The van der Waals surface area contributed by atoms with Gasteiger partial charge in [-0.05, 0) is 12.1 Å². The van der Waals surface area contributed by atoms with E-state index in [2.05, 4.69) is 4.98 Å². The van der Waals surface area contributed by atoms with Gasteiger partial charge in [-0.25, -0.2) is 13.4 Å². The number of hydrogen-bond donors (Lipinski definition) is 1. The molecule has 0 radical (unpaired) electrons. The second-order valence-electron chi connectivity index (χ2n) is 3.97. The molecule has 1 aliphatic heterocycles. The first-order chi connectivity index (χ1) is 7.98. The number of nitrogens with zero attached hydrogens (tertiary/aromatic N) is 2. The Bertz CT molecular complexity index is 504. The number of nitrogens with two attached hydrogens (primary N) is 1. The third-order valence-corrected chi connectivity index (χ3v) is 5.27. The van der Waals surface area contributed by atoms with Crippen molar-refractivity contribution in [3.8, 4) is 0 Å². The fourth-order valence-corrected chi connectivity index (χ4v) is 4.62. The maximum Gasteiger partial charge on any atom is 0.169 e. The van der Waals surface area contributed by atoms with Crippen molar-refractivity contribution in [2.24, 2.45) is 0 Å². The average Bonchev–Trinajstić information content (AvgIpc) is 2.28. The Kier molecular flexibility index (Phi) is 3.48. The van der Waals surface area contributed by atoms with Gasteiger partial charge in [0.15, 0.2) is 9.84 Å². The van der Waals surface area contributed by atoms with Gasteiger partial charge < -0.3 is 10.6 Å². The highest BCUT2D eigenvalue weighted by atomic mass is 32.2. The lowest BCUT2D eigenvalue weighted by Gasteiger charge is -2.34. The summed E-state index contributed by atoms with van der Waals surface area (Å²) >= 11 is 1.65. The van der Waals surface area contributed by atoms with Crippen molar-refractivity contribution in [3.63, 3.8) is 0 Å². The maximum absolute atomic E-state index is 11.7. The Morgan fingerprint density at radius 1 is 1.53 bits per heavy atom. The van der Waals surface area contributed by atoms with E-state index in [1.54, 1.807) is 30.0 Å². The number of nitrogen functional groups attached to an aromatic ring is 1. The van der Waals surface area contributed by atoms with Crippen LogP contribution in [0.4, 0.5) is 11.6 Å². The summed E-state index contributed by atoms with van der Waals surface area (Å²) in [6.07, 6.45) is 1.27. The van der Waals surface area contributed by atoms with Crippen molar-refractivity contribution in [2.75, 3.05) is 34.9 Å². The van der Waals surface area contributed by atoms with Crippen LogP contribution < -0.4 is 10.6 Å². The Morgan fingerprint density at radius 3 is 2.94 bits per heavy atom. The van der Waals surface area contributed by atoms with Gasteiger partial charge in [0, 0.05) is 24.3 Å². The number of pyridine rings is 1. The fourth-order valence-electron chi connectivity index (χ4n) is 1.80. The van der Waals surface area contributed by atoms with Crippen molar-refractivity contribution >= 4 is 33.2 Å². The molecule has 0 aliphatic carbocycles. The van der Waals surface area contributed by atoms with E-state index < -0.39 is 15.2 Å². The first kappa shape index (κ1) is 12.5. The molecule has 1 aromatic heterocycles. The summed E-state index contributed by atoms with van der Waals surface area (Å²) in [5, 5.41) is -0.504. The molecule has 0 amide bonds. The summed E-state index contributed by atoms with van der Waals surface area (Å²) in [6.45, 7) is 0.679. The molecule has 1 fully saturated rings. The molecule has 2 N–H and O–H groups in total. The molecule has 1 aliphatic rings. The quantitative estimate of drug-likeness (QED) is 0.850. The molecule has 0 saturated carbocycles. The lowest BCUT2D eigenvalue weighted by atomic mass is 10.4. The highest BCUT2D eigenvalue weighted by Crippen LogP contribution is 2.25. The van der Waals surface area contributed by atoms with Crippen LogP contribution in [-0.4, -0.2) is 43.1 Å². The van der Waals surface area contributed by atoms with Crippen LogP contribution in [0.5, 0.6) is 0 Å². The smallest absolute Gasteiger partial charge is 0.169 e. The third kappa shape index (κ3) is 2.84. The van der Waals surface area contributed by atoms with Crippen LogP contribution in [0, 0.1) is 0 Å². The Balaban J connectivity index is 2.34. The maximum atomic E-state index is 11.7. The lowest BCUT2D eigenvalue weighted by molar-refractivity contribution is 0.583. The number of hydrogen-bond acceptors (Lipinski definition) is 6. The van der Waals surface area contributed by atoms with E-state index in [1.165, 1.54) is 6.26 Å². The van der Waals surface area contributed by atoms with E-state index in [-0.39, 0.29) is 0 Å². The van der Waals surface area contributed by atoms with E-state index in [9.17, 15) is 8.42 Å². The lowest BCUT2D eigenvalue weighted by Crippen LogP contribution is -2.47. The standard InChI is InChI=1S/C10H15N3O2S2/c1-17(14,15)10-7-16-6-5-13(10)9-4-2-3-8(11)12-9/h2-4,10H,5-7H2,1H3,(H2,11,12). The molecule has 5 nitrogen and oxygen atoms in total. The molecule has 1 unspecified atom stereocenters. The van der Waals surface area contributed by atoms with Gasteiger partial charge in [0.05, 0.1) is 0 Å². The van der Waals surface area contributed by atoms with Crippen molar-refractivity contribution < 1.29 is 8.42 Å². The van der Waals surface area contributed by atoms with Crippen molar-refractivity contribution in [2.45, 2.75) is 5.37 Å². The summed E-state index contributed by atoms with van der Waals surface area (Å²) in [5.74, 6) is 2.53. The molecule has 7 heteroatoms. The highest BCUT2D eigenvalue weighted by Gasteiger charge is 2.31. The van der Waals surface area contributed by atoms with E-state index in [0.717, 1.165) is 5.75 Å². The Labute approximate surface area is 105 Å². The van der Waals surface area contributed by atoms with Crippen LogP contribution in [-0.2, 0) is 9.84 Å². The van der Waals surface area contributed by atoms with E-state index in [1.807, 2.05) is 4.90 Å². The Hall–Kier alpha value is -0.950. The van der Waals surface area contributed by atoms with Gasteiger partial charge in [-0.1, -0.05) is 6.07 Å². The minimum Gasteiger partial charge on any atom is -0.384 e. The van der Waals surface area contributed by atoms with Gasteiger partial charge in [-0.15, -0.1) is 0 Å². The first-order valence-corrected chi connectivity index (χ1v) is 8.35. The average molecular weight is 273 g/mol. The van der Waals surface area contributed by atoms with Gasteiger partial charge in [0.25, 0.3) is 0 Å². The van der Waals surface area contributed by atoms with Crippen LogP contribution in [0.3, 0.4) is 0 Å². The van der Waals surface area contributed by atoms with Gasteiger partial charge in [0.1, 0.15) is 17.0 Å². The number of rotatable bonds is 2. The fraction of sp³-hybridized carbons (Fsp3) is 0.500. The van der Waals surface area contributed by atoms with Gasteiger partial charge in [-0.3, -0.25) is 0 Å². The largest absolute Gasteiger partial charge is 0.384 e. The topological polar surface area (TPSA) is 76.3 Å². The molecule has 1 atom stereocenters. The zero-order valence-corrected chi connectivity index (χ0v) is 11.2. The number of anilines is 2. The second kappa shape index (κ2) is 4.73. The highest BCUT2D eigenvalue weighted by molar-refractivity contribution is 8.01. The van der Waals surface area contributed by atoms with E-state index >= 15 is 0 Å². The molecule has 2 heterocycles. The number of aromatic nitrogens is 1. The summed E-state index contributed by atoms with van der Waals surface area (Å²) in [4.78, 5) is 6.01. The van der Waals surface area contributed by atoms with Crippen molar-refractivity contribution in [1.82, 2.24) is 4.98 Å². The van der Waals surface area contributed by atoms with E-state index in [0.29, 0.717) is 23.9 Å². The van der Waals surface area contributed by atoms with Crippen LogP contribution in [0.1, 0.15) is 0 Å². The van der Waals surface area contributed by atoms with E-state index in [4.69, 9.17) is 5.73 Å². The van der Waals surface area contributed by atoms with Gasteiger partial charge in [0.2, 0.25) is 0 Å². The normalized spacial score (nSPS) is 21.5. The first-order valence-electron chi connectivity index (χ1n) is 5.24. The van der Waals surface area contributed by atoms with Crippen molar-refractivity contribution in [1.29, 1.82) is 0 Å². The van der Waals surface area contributed by atoms with Crippen molar-refractivity contribution in [3.05, 3.63) is 18.2 Å². The summed E-state index contributed by atoms with van der Waals surface area (Å²) in [5.41, 5.74) is 5.63. The molecular formula is C10H15N3O2S2. The van der Waals surface area contributed by atoms with Crippen LogP contribution in [0.25, 0.3) is 0 Å². The number of thioether (sulfide) groups is 1. The predicted octanol–water partition coefficient (Wildman–Crippen LogP) is 0.588. The van der Waals surface area contributed by atoms with Gasteiger partial charge >= 0.3 is 0 Å². The molecule has 0 spiro atoms. The SMILES string of the molecule is CS(=O)(=O)C1CSCCN1c1cccc(N)n1. The molecule has 0 bridgehead atoms. The Morgan fingerprint density at radius 2 is 2.29 bits per heavy atom. The van der Waals surface area contributed by atoms with Crippen LogP contribution in [0.15, 0.2) is 18.2 Å². The summed E-state index contributed by atoms with van der Waals surface area (Å²) in [7, 11) is -3.11. The molecule has 1 aromatic rings. The molecule has 0 aromatic carbocycles. The summed E-state index contributed by atoms with van der Waals surface area (Å²) in [6, 6.07) is 5.28. The zero-order valence-electron chi connectivity index (χ0n) is 9.54. The molecule has 94 valence electrons. The van der Waals surface area contributed by atoms with Crippen LogP contribution in [0.2, 0.25) is 0 Å². The monoisotopic (exact) mass is 273 g/mol. The van der Waals surface area contributed by atoms with Gasteiger partial charge in [-0.2, -0.15) is 11.8 Å². The van der Waals surface area contributed by atoms with Crippen LogP contribution >= 0.6 is 11.8 Å². The molecule has 2 rings (SSSR count). The molecular weight excluding hydrogens is 258 g/mol. The molecule has 1 saturated heterocycles. The summed E-state index contributed by atoms with van der Waals surface area (Å²) < 4.78 is 23.5. The molecule has 17 heavy (non-hydrogen) atoms. The second-order valence-corrected chi connectivity index (χ2v) is 7.33. The minimum absolute atomic E-state index is 0.410.